The number of rotatable bonds is 5. The van der Waals surface area contributed by atoms with Gasteiger partial charge >= 0.3 is 0 Å². The standard InChI is InChI=1S/C21H25N3O3/c1-5-12-6-7-16-14(8-12)19(15(11-22)21(23)24-16)13-9-17(25-2)20(27-4)18(10-13)26-3/h9-10,12H,5-8H2,1-4H3,(H2,23,24). The van der Waals surface area contributed by atoms with Crippen LogP contribution in [0.15, 0.2) is 12.1 Å². The lowest BCUT2D eigenvalue weighted by molar-refractivity contribution is 0.324. The van der Waals surface area contributed by atoms with Crippen LogP contribution in [0.5, 0.6) is 17.2 Å². The Kier molecular flexibility index (Phi) is 5.41. The second-order valence-electron chi connectivity index (χ2n) is 6.72. The highest BCUT2D eigenvalue weighted by Crippen LogP contribution is 2.45. The van der Waals surface area contributed by atoms with Crippen molar-refractivity contribution in [3.05, 3.63) is 29.0 Å². The number of hydrogen-bond acceptors (Lipinski definition) is 6. The predicted molar refractivity (Wildman–Crippen MR) is 104 cm³/mol. The van der Waals surface area contributed by atoms with Gasteiger partial charge in [0.05, 0.1) is 21.3 Å². The van der Waals surface area contributed by atoms with E-state index >= 15 is 0 Å². The van der Waals surface area contributed by atoms with Crippen LogP contribution in [0, 0.1) is 17.2 Å². The molecule has 6 nitrogen and oxygen atoms in total. The lowest BCUT2D eigenvalue weighted by Gasteiger charge is -2.27. The third kappa shape index (κ3) is 3.25. The fourth-order valence-electron chi connectivity index (χ4n) is 3.86. The lowest BCUT2D eigenvalue weighted by Crippen LogP contribution is -2.18. The number of ether oxygens (including phenoxy) is 3. The maximum atomic E-state index is 9.78. The van der Waals surface area contributed by atoms with Gasteiger partial charge in [0, 0.05) is 11.3 Å². The molecule has 1 aromatic heterocycles. The highest BCUT2D eigenvalue weighted by Gasteiger charge is 2.27. The van der Waals surface area contributed by atoms with Gasteiger partial charge in [-0.3, -0.25) is 0 Å². The summed E-state index contributed by atoms with van der Waals surface area (Å²) >= 11 is 0. The number of aryl methyl sites for hydroxylation is 1. The Morgan fingerprint density at radius 1 is 1.19 bits per heavy atom. The molecule has 1 aromatic carbocycles. The van der Waals surface area contributed by atoms with Crippen molar-refractivity contribution in [3.63, 3.8) is 0 Å². The van der Waals surface area contributed by atoms with E-state index in [2.05, 4.69) is 18.0 Å². The molecule has 0 spiro atoms. The van der Waals surface area contributed by atoms with Crippen LogP contribution in [0.1, 0.15) is 36.6 Å². The maximum absolute atomic E-state index is 9.78. The highest BCUT2D eigenvalue weighted by atomic mass is 16.5. The summed E-state index contributed by atoms with van der Waals surface area (Å²) in [6, 6.07) is 5.98. The normalized spacial score (nSPS) is 15.6. The molecule has 1 heterocycles. The zero-order chi connectivity index (χ0) is 19.6. The number of aromatic nitrogens is 1. The number of hydrogen-bond donors (Lipinski definition) is 1. The minimum atomic E-state index is 0.273. The van der Waals surface area contributed by atoms with E-state index in [1.165, 1.54) is 0 Å². The smallest absolute Gasteiger partial charge is 0.203 e. The Morgan fingerprint density at radius 2 is 1.85 bits per heavy atom. The molecular weight excluding hydrogens is 342 g/mol. The van der Waals surface area contributed by atoms with E-state index in [0.717, 1.165) is 48.1 Å². The van der Waals surface area contributed by atoms with Gasteiger partial charge < -0.3 is 19.9 Å². The molecule has 1 aliphatic rings. The summed E-state index contributed by atoms with van der Waals surface area (Å²) in [5.41, 5.74) is 10.3. The summed E-state index contributed by atoms with van der Waals surface area (Å²) in [7, 11) is 4.73. The van der Waals surface area contributed by atoms with Gasteiger partial charge in [0.1, 0.15) is 17.5 Å². The Hall–Kier alpha value is -2.94. The molecule has 0 radical (unpaired) electrons. The Balaban J connectivity index is 2.31. The van der Waals surface area contributed by atoms with Gasteiger partial charge in [-0.2, -0.15) is 5.26 Å². The molecule has 3 rings (SSSR count). The molecule has 0 amide bonds. The molecule has 6 heteroatoms. The van der Waals surface area contributed by atoms with Gasteiger partial charge in [-0.05, 0) is 48.4 Å². The van der Waals surface area contributed by atoms with Crippen molar-refractivity contribution >= 4 is 5.82 Å². The van der Waals surface area contributed by atoms with Crippen molar-refractivity contribution in [2.45, 2.75) is 32.6 Å². The first kappa shape index (κ1) is 18.8. The van der Waals surface area contributed by atoms with Crippen LogP contribution < -0.4 is 19.9 Å². The van der Waals surface area contributed by atoms with Crippen LogP contribution in [-0.2, 0) is 12.8 Å². The summed E-state index contributed by atoms with van der Waals surface area (Å²) in [4.78, 5) is 4.53. The minimum Gasteiger partial charge on any atom is -0.493 e. The molecule has 27 heavy (non-hydrogen) atoms. The number of nitrogens with two attached hydrogens (primary N) is 1. The monoisotopic (exact) mass is 367 g/mol. The number of fused-ring (bicyclic) bond motifs is 1. The topological polar surface area (TPSA) is 90.4 Å². The molecule has 1 aliphatic carbocycles. The van der Waals surface area contributed by atoms with E-state index in [0.29, 0.717) is 28.7 Å². The number of benzene rings is 1. The fraction of sp³-hybridized carbons (Fsp3) is 0.429. The minimum absolute atomic E-state index is 0.273. The second-order valence-corrected chi connectivity index (χ2v) is 6.72. The SMILES string of the molecule is CCC1CCc2nc(N)c(C#N)c(-c3cc(OC)c(OC)c(OC)c3)c2C1. The Labute approximate surface area is 159 Å². The van der Waals surface area contributed by atoms with Crippen LogP contribution in [-0.4, -0.2) is 26.3 Å². The van der Waals surface area contributed by atoms with Crippen molar-refractivity contribution in [2.75, 3.05) is 27.1 Å². The first-order valence-corrected chi connectivity index (χ1v) is 9.09. The molecule has 142 valence electrons. The molecule has 1 unspecified atom stereocenters. The molecular formula is C21H25N3O3. The number of methoxy groups -OCH3 is 3. The van der Waals surface area contributed by atoms with Crippen molar-refractivity contribution < 1.29 is 14.2 Å². The summed E-state index contributed by atoms with van der Waals surface area (Å²) in [5, 5.41) is 9.78. The lowest BCUT2D eigenvalue weighted by atomic mass is 9.80. The van der Waals surface area contributed by atoms with E-state index in [1.54, 1.807) is 21.3 Å². The van der Waals surface area contributed by atoms with Crippen LogP contribution >= 0.6 is 0 Å². The van der Waals surface area contributed by atoms with E-state index in [-0.39, 0.29) is 5.82 Å². The molecule has 0 fully saturated rings. The van der Waals surface area contributed by atoms with Gasteiger partial charge in [-0.25, -0.2) is 4.98 Å². The molecule has 0 saturated heterocycles. The average molecular weight is 367 g/mol. The second kappa shape index (κ2) is 7.75. The average Bonchev–Trinajstić information content (AvgIpc) is 2.71. The third-order valence-electron chi connectivity index (χ3n) is 5.34. The predicted octanol–water partition coefficient (Wildman–Crippen LogP) is 3.74. The van der Waals surface area contributed by atoms with Gasteiger partial charge in [0.2, 0.25) is 5.75 Å². The van der Waals surface area contributed by atoms with Gasteiger partial charge in [-0.15, -0.1) is 0 Å². The van der Waals surface area contributed by atoms with E-state index in [4.69, 9.17) is 19.9 Å². The first-order valence-electron chi connectivity index (χ1n) is 9.09. The Bertz CT molecular complexity index is 878. The number of pyridine rings is 1. The molecule has 0 bridgehead atoms. The molecule has 2 aromatic rings. The Morgan fingerprint density at radius 3 is 2.37 bits per heavy atom. The van der Waals surface area contributed by atoms with Crippen molar-refractivity contribution in [1.29, 1.82) is 5.26 Å². The van der Waals surface area contributed by atoms with Crippen LogP contribution in [0.3, 0.4) is 0 Å². The van der Waals surface area contributed by atoms with Gasteiger partial charge in [0.25, 0.3) is 0 Å². The van der Waals surface area contributed by atoms with Crippen LogP contribution in [0.25, 0.3) is 11.1 Å². The third-order valence-corrected chi connectivity index (χ3v) is 5.34. The zero-order valence-electron chi connectivity index (χ0n) is 16.3. The van der Waals surface area contributed by atoms with Gasteiger partial charge in [-0.1, -0.05) is 13.3 Å². The molecule has 0 aliphatic heterocycles. The summed E-state index contributed by atoms with van der Waals surface area (Å²) in [6.07, 6.45) is 3.96. The molecule has 0 saturated carbocycles. The van der Waals surface area contributed by atoms with Crippen molar-refractivity contribution in [3.8, 4) is 34.4 Å². The van der Waals surface area contributed by atoms with Crippen molar-refractivity contribution in [1.82, 2.24) is 4.98 Å². The number of nitriles is 1. The molecule has 1 atom stereocenters. The van der Waals surface area contributed by atoms with E-state index in [1.807, 2.05) is 12.1 Å². The number of nitrogen functional groups attached to an aromatic ring is 1. The summed E-state index contributed by atoms with van der Waals surface area (Å²) in [6.45, 7) is 2.20. The van der Waals surface area contributed by atoms with Gasteiger partial charge in [0.15, 0.2) is 11.5 Å². The van der Waals surface area contributed by atoms with E-state index < -0.39 is 0 Å². The first-order chi connectivity index (χ1) is 13.1. The zero-order valence-corrected chi connectivity index (χ0v) is 16.3. The maximum Gasteiger partial charge on any atom is 0.203 e. The highest BCUT2D eigenvalue weighted by molar-refractivity contribution is 5.82. The van der Waals surface area contributed by atoms with Crippen LogP contribution in [0.4, 0.5) is 5.82 Å². The largest absolute Gasteiger partial charge is 0.493 e. The fourth-order valence-corrected chi connectivity index (χ4v) is 3.86. The molecule has 2 N–H and O–H groups in total. The van der Waals surface area contributed by atoms with Crippen molar-refractivity contribution in [2.24, 2.45) is 5.92 Å². The quantitative estimate of drug-likeness (QED) is 0.866. The summed E-state index contributed by atoms with van der Waals surface area (Å²) in [5.74, 6) is 2.46. The van der Waals surface area contributed by atoms with E-state index in [9.17, 15) is 5.26 Å². The number of nitrogens with zero attached hydrogens (tertiary/aromatic N) is 2. The number of anilines is 1. The van der Waals surface area contributed by atoms with Crippen LogP contribution in [0.2, 0.25) is 0 Å². The summed E-state index contributed by atoms with van der Waals surface area (Å²) < 4.78 is 16.4.